The van der Waals surface area contributed by atoms with E-state index in [0.29, 0.717) is 24.6 Å². The quantitative estimate of drug-likeness (QED) is 0.188. The Morgan fingerprint density at radius 3 is 2.31 bits per heavy atom. The molecule has 0 aliphatic heterocycles. The summed E-state index contributed by atoms with van der Waals surface area (Å²) in [6.45, 7) is 3.19. The molecule has 0 bridgehead atoms. The summed E-state index contributed by atoms with van der Waals surface area (Å²) in [5.74, 6) is 2.33. The number of rotatable bonds is 11. The van der Waals surface area contributed by atoms with Crippen molar-refractivity contribution in [1.29, 1.82) is 0 Å². The molecule has 0 radical (unpaired) electrons. The molecular formula is C30H29ClN6O2. The monoisotopic (exact) mass is 540 g/mol. The van der Waals surface area contributed by atoms with E-state index in [1.165, 1.54) is 0 Å². The Morgan fingerprint density at radius 1 is 0.923 bits per heavy atom. The lowest BCUT2D eigenvalue weighted by atomic mass is 9.98. The molecule has 0 aliphatic carbocycles. The van der Waals surface area contributed by atoms with Crippen molar-refractivity contribution in [3.05, 3.63) is 101 Å². The molecule has 39 heavy (non-hydrogen) atoms. The number of methoxy groups -OCH3 is 1. The number of carbonyl (C=O) groups excluding carboxylic acids is 1. The smallest absolute Gasteiger partial charge is 0.182 e. The highest BCUT2D eigenvalue weighted by atomic mass is 35.5. The number of halogens is 1. The number of aromatic nitrogens is 6. The van der Waals surface area contributed by atoms with Gasteiger partial charge in [-0.05, 0) is 51.2 Å². The van der Waals surface area contributed by atoms with E-state index in [9.17, 15) is 4.79 Å². The van der Waals surface area contributed by atoms with Gasteiger partial charge in [0, 0.05) is 18.5 Å². The van der Waals surface area contributed by atoms with Gasteiger partial charge in [-0.2, -0.15) is 0 Å². The molecule has 0 spiro atoms. The predicted octanol–water partition coefficient (Wildman–Crippen LogP) is 6.12. The van der Waals surface area contributed by atoms with Crippen LogP contribution in [0.2, 0.25) is 5.15 Å². The molecule has 5 aromatic rings. The lowest BCUT2D eigenvalue weighted by Gasteiger charge is -2.12. The number of benzene rings is 3. The number of aldehydes is 1. The Bertz CT molecular complexity index is 1560. The molecule has 2 heterocycles. The minimum Gasteiger partial charge on any atom is -0.497 e. The second-order valence-corrected chi connectivity index (χ2v) is 9.62. The molecule has 0 saturated heterocycles. The van der Waals surface area contributed by atoms with Crippen molar-refractivity contribution in [2.75, 3.05) is 7.11 Å². The van der Waals surface area contributed by atoms with Crippen LogP contribution in [-0.4, -0.2) is 43.2 Å². The van der Waals surface area contributed by atoms with Gasteiger partial charge in [-0.3, -0.25) is 4.79 Å². The maximum Gasteiger partial charge on any atom is 0.182 e. The fraction of sp³-hybridized carbons (Fsp3) is 0.233. The van der Waals surface area contributed by atoms with Crippen LogP contribution in [0.1, 0.15) is 47.2 Å². The van der Waals surface area contributed by atoms with E-state index in [1.54, 1.807) is 11.8 Å². The van der Waals surface area contributed by atoms with E-state index in [-0.39, 0.29) is 5.15 Å². The Hall–Kier alpha value is -4.30. The van der Waals surface area contributed by atoms with Crippen molar-refractivity contribution in [3.8, 4) is 28.3 Å². The predicted molar refractivity (Wildman–Crippen MR) is 151 cm³/mol. The van der Waals surface area contributed by atoms with Crippen LogP contribution in [0.4, 0.5) is 0 Å². The molecule has 198 valence electrons. The van der Waals surface area contributed by atoms with Gasteiger partial charge in [0.1, 0.15) is 17.3 Å². The first-order valence-corrected chi connectivity index (χ1v) is 13.3. The fourth-order valence-electron chi connectivity index (χ4n) is 4.61. The first-order chi connectivity index (χ1) is 19.1. The summed E-state index contributed by atoms with van der Waals surface area (Å²) in [5, 5.41) is 12.8. The molecule has 9 heteroatoms. The summed E-state index contributed by atoms with van der Waals surface area (Å²) in [5.41, 5.74) is 5.54. The zero-order chi connectivity index (χ0) is 27.2. The number of ether oxygens (including phenoxy) is 1. The molecule has 3 aromatic carbocycles. The second-order valence-electron chi connectivity index (χ2n) is 9.26. The summed E-state index contributed by atoms with van der Waals surface area (Å²) in [7, 11) is 1.65. The van der Waals surface area contributed by atoms with Gasteiger partial charge in [0.2, 0.25) is 0 Å². The Labute approximate surface area is 232 Å². The highest BCUT2D eigenvalue weighted by Gasteiger charge is 2.17. The lowest BCUT2D eigenvalue weighted by molar-refractivity contribution is 0.111. The highest BCUT2D eigenvalue weighted by molar-refractivity contribution is 6.31. The van der Waals surface area contributed by atoms with Gasteiger partial charge in [-0.15, -0.1) is 5.10 Å². The Morgan fingerprint density at radius 2 is 1.62 bits per heavy atom. The first kappa shape index (κ1) is 26.3. The van der Waals surface area contributed by atoms with Crippen LogP contribution in [0.5, 0.6) is 5.75 Å². The fourth-order valence-corrected chi connectivity index (χ4v) is 4.85. The number of carbonyl (C=O) groups is 1. The summed E-state index contributed by atoms with van der Waals surface area (Å²) in [6, 6.07) is 24.3. The molecular weight excluding hydrogens is 512 g/mol. The molecule has 0 fully saturated rings. The van der Waals surface area contributed by atoms with Crippen molar-refractivity contribution in [3.63, 3.8) is 0 Å². The molecule has 0 saturated carbocycles. The maximum atomic E-state index is 11.7. The number of aryl methyl sites for hydroxylation is 1. The summed E-state index contributed by atoms with van der Waals surface area (Å²) in [4.78, 5) is 16.2. The van der Waals surface area contributed by atoms with Crippen LogP contribution in [0.15, 0.2) is 72.8 Å². The standard InChI is InChI=1S/C30H29ClN6O2/c1-3-4-9-28-32-29(31)27(20-38)36(28)18-21-10-14-23(15-11-21)25-7-5-6-8-26(25)30-33-34-35-37(30)19-22-12-16-24(39-2)17-13-22/h5-8,10-17,20H,3-4,9,18-19H2,1-2H3. The Kier molecular flexibility index (Phi) is 8.13. The van der Waals surface area contributed by atoms with Gasteiger partial charge in [-0.25, -0.2) is 9.67 Å². The van der Waals surface area contributed by atoms with Gasteiger partial charge in [0.05, 0.1) is 13.7 Å². The summed E-state index contributed by atoms with van der Waals surface area (Å²) >= 11 is 6.26. The summed E-state index contributed by atoms with van der Waals surface area (Å²) in [6.07, 6.45) is 3.59. The van der Waals surface area contributed by atoms with Gasteiger partial charge < -0.3 is 9.30 Å². The van der Waals surface area contributed by atoms with Crippen molar-refractivity contribution in [2.24, 2.45) is 0 Å². The molecule has 0 N–H and O–H groups in total. The van der Waals surface area contributed by atoms with Crippen molar-refractivity contribution < 1.29 is 9.53 Å². The molecule has 0 unspecified atom stereocenters. The number of nitrogens with zero attached hydrogens (tertiary/aromatic N) is 6. The molecule has 5 rings (SSSR count). The van der Waals surface area contributed by atoms with E-state index >= 15 is 0 Å². The number of tetrazole rings is 1. The van der Waals surface area contributed by atoms with Crippen molar-refractivity contribution in [1.82, 2.24) is 29.8 Å². The third kappa shape index (κ3) is 5.76. The van der Waals surface area contributed by atoms with E-state index in [1.807, 2.05) is 47.0 Å². The van der Waals surface area contributed by atoms with E-state index < -0.39 is 0 Å². The SMILES string of the molecule is CCCCc1nc(Cl)c(C=O)n1Cc1ccc(-c2ccccc2-c2nnnn2Cc2ccc(OC)cc2)cc1. The van der Waals surface area contributed by atoms with Crippen LogP contribution in [0, 0.1) is 0 Å². The summed E-state index contributed by atoms with van der Waals surface area (Å²) < 4.78 is 8.98. The molecule has 0 amide bonds. The van der Waals surface area contributed by atoms with Crippen LogP contribution in [0.3, 0.4) is 0 Å². The maximum absolute atomic E-state index is 11.7. The van der Waals surface area contributed by atoms with Gasteiger partial charge in [0.15, 0.2) is 17.3 Å². The van der Waals surface area contributed by atoms with E-state index in [0.717, 1.165) is 64.9 Å². The minimum atomic E-state index is 0.258. The largest absolute Gasteiger partial charge is 0.497 e. The van der Waals surface area contributed by atoms with Gasteiger partial charge >= 0.3 is 0 Å². The third-order valence-electron chi connectivity index (χ3n) is 6.70. The zero-order valence-electron chi connectivity index (χ0n) is 21.9. The molecule has 8 nitrogen and oxygen atoms in total. The number of hydrogen-bond donors (Lipinski definition) is 0. The van der Waals surface area contributed by atoms with Gasteiger partial charge in [0.25, 0.3) is 0 Å². The van der Waals surface area contributed by atoms with E-state index in [4.69, 9.17) is 16.3 Å². The number of imidazole rings is 1. The van der Waals surface area contributed by atoms with E-state index in [2.05, 4.69) is 57.8 Å². The normalized spacial score (nSPS) is 11.1. The van der Waals surface area contributed by atoms with Crippen LogP contribution in [0.25, 0.3) is 22.5 Å². The molecule has 0 aliphatic rings. The van der Waals surface area contributed by atoms with Crippen LogP contribution >= 0.6 is 11.6 Å². The zero-order valence-corrected chi connectivity index (χ0v) is 22.7. The Balaban J connectivity index is 1.41. The average Bonchev–Trinajstić information content (AvgIpc) is 3.55. The number of hydrogen-bond acceptors (Lipinski definition) is 6. The first-order valence-electron chi connectivity index (χ1n) is 12.9. The lowest BCUT2D eigenvalue weighted by Crippen LogP contribution is -2.08. The van der Waals surface area contributed by atoms with Crippen molar-refractivity contribution >= 4 is 17.9 Å². The highest BCUT2D eigenvalue weighted by Crippen LogP contribution is 2.31. The number of unbranched alkanes of at least 4 members (excludes halogenated alkanes) is 1. The second kappa shape index (κ2) is 12.0. The van der Waals surface area contributed by atoms with Crippen molar-refractivity contribution in [2.45, 2.75) is 39.3 Å². The molecule has 0 atom stereocenters. The topological polar surface area (TPSA) is 87.7 Å². The van der Waals surface area contributed by atoms with Gasteiger partial charge in [-0.1, -0.05) is 85.6 Å². The third-order valence-corrected chi connectivity index (χ3v) is 6.98. The average molecular weight is 541 g/mol. The van der Waals surface area contributed by atoms with Crippen LogP contribution < -0.4 is 4.74 Å². The molecule has 2 aromatic heterocycles. The minimum absolute atomic E-state index is 0.258. The van der Waals surface area contributed by atoms with Crippen LogP contribution in [-0.2, 0) is 19.5 Å².